The van der Waals surface area contributed by atoms with Crippen molar-refractivity contribution in [1.82, 2.24) is 14.5 Å². The summed E-state index contributed by atoms with van der Waals surface area (Å²) >= 11 is 0. The molecule has 30 heavy (non-hydrogen) atoms. The van der Waals surface area contributed by atoms with Gasteiger partial charge in [0.15, 0.2) is 5.65 Å². The molecule has 0 bridgehead atoms. The highest BCUT2D eigenvalue weighted by molar-refractivity contribution is 6.09. The predicted molar refractivity (Wildman–Crippen MR) is 120 cm³/mol. The Bertz CT molecular complexity index is 1230. The SMILES string of the molecule is CCC(C)OC(=O)c1c(N)n(-c2ccc(C(C)C)cc2)c2nc3ccccc3nc12. The summed E-state index contributed by atoms with van der Waals surface area (Å²) in [4.78, 5) is 22.5. The van der Waals surface area contributed by atoms with Crippen molar-refractivity contribution in [3.05, 3.63) is 59.7 Å². The van der Waals surface area contributed by atoms with Crippen LogP contribution in [0.2, 0.25) is 0 Å². The van der Waals surface area contributed by atoms with E-state index in [-0.39, 0.29) is 17.5 Å². The van der Waals surface area contributed by atoms with Gasteiger partial charge in [0.1, 0.15) is 16.9 Å². The van der Waals surface area contributed by atoms with Gasteiger partial charge in [0.2, 0.25) is 0 Å². The van der Waals surface area contributed by atoms with Gasteiger partial charge in [-0.05, 0) is 49.1 Å². The van der Waals surface area contributed by atoms with Crippen molar-refractivity contribution in [3.8, 4) is 5.69 Å². The van der Waals surface area contributed by atoms with Crippen LogP contribution in [0, 0.1) is 0 Å². The van der Waals surface area contributed by atoms with Crippen molar-refractivity contribution in [1.29, 1.82) is 0 Å². The fourth-order valence-electron chi connectivity index (χ4n) is 3.46. The number of nitrogen functional groups attached to an aromatic ring is 1. The molecular formula is C24H26N4O2. The van der Waals surface area contributed by atoms with E-state index in [9.17, 15) is 4.79 Å². The monoisotopic (exact) mass is 402 g/mol. The van der Waals surface area contributed by atoms with E-state index < -0.39 is 5.97 Å². The quantitative estimate of drug-likeness (QED) is 0.462. The van der Waals surface area contributed by atoms with Crippen LogP contribution in [0.25, 0.3) is 27.9 Å². The molecule has 0 aliphatic heterocycles. The lowest BCUT2D eigenvalue weighted by Gasteiger charge is -2.12. The Morgan fingerprint density at radius 1 is 1.03 bits per heavy atom. The Hall–Kier alpha value is -3.41. The van der Waals surface area contributed by atoms with E-state index >= 15 is 0 Å². The van der Waals surface area contributed by atoms with Crippen molar-refractivity contribution < 1.29 is 9.53 Å². The number of esters is 1. The minimum atomic E-state index is -0.478. The van der Waals surface area contributed by atoms with Crippen LogP contribution in [0.15, 0.2) is 48.5 Å². The number of rotatable bonds is 5. The summed E-state index contributed by atoms with van der Waals surface area (Å²) < 4.78 is 7.37. The molecular weight excluding hydrogens is 376 g/mol. The molecule has 2 N–H and O–H groups in total. The molecule has 0 radical (unpaired) electrons. The summed E-state index contributed by atoms with van der Waals surface area (Å²) in [7, 11) is 0. The summed E-state index contributed by atoms with van der Waals surface area (Å²) in [5.74, 6) is 0.225. The Balaban J connectivity index is 1.98. The molecule has 2 aromatic carbocycles. The molecule has 2 aromatic heterocycles. The van der Waals surface area contributed by atoms with Crippen molar-refractivity contribution >= 4 is 34.0 Å². The molecule has 4 aromatic rings. The number of carbonyl (C=O) groups is 1. The second-order valence-corrected chi connectivity index (χ2v) is 7.85. The summed E-state index contributed by atoms with van der Waals surface area (Å²) in [6.07, 6.45) is 0.504. The number of hydrogen-bond donors (Lipinski definition) is 1. The van der Waals surface area contributed by atoms with Gasteiger partial charge in [-0.3, -0.25) is 4.57 Å². The largest absolute Gasteiger partial charge is 0.459 e. The van der Waals surface area contributed by atoms with Crippen LogP contribution >= 0.6 is 0 Å². The number of para-hydroxylation sites is 2. The second-order valence-electron chi connectivity index (χ2n) is 7.85. The molecule has 2 heterocycles. The average Bonchev–Trinajstić information content (AvgIpc) is 3.02. The van der Waals surface area contributed by atoms with E-state index in [0.717, 1.165) is 17.6 Å². The van der Waals surface area contributed by atoms with Crippen molar-refractivity contribution in [3.63, 3.8) is 0 Å². The van der Waals surface area contributed by atoms with E-state index in [2.05, 4.69) is 26.0 Å². The van der Waals surface area contributed by atoms with Crippen LogP contribution in [-0.2, 0) is 4.74 Å². The normalized spacial score (nSPS) is 12.6. The molecule has 0 aliphatic carbocycles. The molecule has 6 heteroatoms. The van der Waals surface area contributed by atoms with Crippen LogP contribution in [0.3, 0.4) is 0 Å². The van der Waals surface area contributed by atoms with Crippen LogP contribution < -0.4 is 5.73 Å². The number of carbonyl (C=O) groups excluding carboxylic acids is 1. The van der Waals surface area contributed by atoms with Gasteiger partial charge in [0, 0.05) is 5.69 Å². The molecule has 1 unspecified atom stereocenters. The third-order valence-electron chi connectivity index (χ3n) is 5.40. The Labute approximate surface area is 175 Å². The van der Waals surface area contributed by atoms with Crippen molar-refractivity contribution in [2.45, 2.75) is 46.1 Å². The van der Waals surface area contributed by atoms with Gasteiger partial charge in [0.05, 0.1) is 17.1 Å². The van der Waals surface area contributed by atoms with Gasteiger partial charge in [0.25, 0.3) is 0 Å². The number of ether oxygens (including phenoxy) is 1. The number of anilines is 1. The zero-order chi connectivity index (χ0) is 21.4. The highest BCUT2D eigenvalue weighted by atomic mass is 16.5. The lowest BCUT2D eigenvalue weighted by atomic mass is 10.0. The lowest BCUT2D eigenvalue weighted by Crippen LogP contribution is -2.15. The zero-order valence-corrected chi connectivity index (χ0v) is 17.7. The summed E-state index contributed by atoms with van der Waals surface area (Å²) in [6, 6.07) is 15.7. The van der Waals surface area contributed by atoms with Gasteiger partial charge in [-0.2, -0.15) is 0 Å². The minimum absolute atomic E-state index is 0.214. The third-order valence-corrected chi connectivity index (χ3v) is 5.40. The number of aromatic nitrogens is 3. The van der Waals surface area contributed by atoms with Gasteiger partial charge in [-0.1, -0.05) is 45.0 Å². The maximum absolute atomic E-state index is 13.0. The van der Waals surface area contributed by atoms with E-state index in [0.29, 0.717) is 22.6 Å². The van der Waals surface area contributed by atoms with Crippen LogP contribution in [-0.4, -0.2) is 26.6 Å². The maximum atomic E-state index is 13.0. The molecule has 0 saturated heterocycles. The zero-order valence-electron chi connectivity index (χ0n) is 17.7. The van der Waals surface area contributed by atoms with Gasteiger partial charge >= 0.3 is 5.97 Å². The molecule has 4 rings (SSSR count). The number of fused-ring (bicyclic) bond motifs is 2. The molecule has 0 spiro atoms. The third kappa shape index (κ3) is 3.38. The van der Waals surface area contributed by atoms with E-state index in [4.69, 9.17) is 20.4 Å². The number of hydrogen-bond acceptors (Lipinski definition) is 5. The van der Waals surface area contributed by atoms with Crippen molar-refractivity contribution in [2.24, 2.45) is 0 Å². The lowest BCUT2D eigenvalue weighted by molar-refractivity contribution is 0.0338. The Morgan fingerprint density at radius 2 is 1.67 bits per heavy atom. The van der Waals surface area contributed by atoms with Gasteiger partial charge in [-0.25, -0.2) is 14.8 Å². The molecule has 6 nitrogen and oxygen atoms in total. The first-order valence-corrected chi connectivity index (χ1v) is 10.3. The highest BCUT2D eigenvalue weighted by Crippen LogP contribution is 2.32. The Morgan fingerprint density at radius 3 is 2.27 bits per heavy atom. The van der Waals surface area contributed by atoms with Gasteiger partial charge in [-0.15, -0.1) is 0 Å². The van der Waals surface area contributed by atoms with Crippen molar-refractivity contribution in [2.75, 3.05) is 5.73 Å². The van der Waals surface area contributed by atoms with E-state index in [1.54, 1.807) is 4.57 Å². The highest BCUT2D eigenvalue weighted by Gasteiger charge is 2.26. The van der Waals surface area contributed by atoms with Crippen LogP contribution in [0.1, 0.15) is 56.0 Å². The molecule has 0 fully saturated rings. The smallest absolute Gasteiger partial charge is 0.344 e. The fourth-order valence-corrected chi connectivity index (χ4v) is 3.46. The number of nitrogens with zero attached hydrogens (tertiary/aromatic N) is 3. The topological polar surface area (TPSA) is 83.0 Å². The fraction of sp³-hybridized carbons (Fsp3) is 0.292. The number of benzene rings is 2. The van der Waals surface area contributed by atoms with E-state index in [1.165, 1.54) is 5.56 Å². The molecule has 154 valence electrons. The average molecular weight is 402 g/mol. The summed E-state index contributed by atoms with van der Waals surface area (Å²) in [6.45, 7) is 8.12. The minimum Gasteiger partial charge on any atom is -0.459 e. The van der Waals surface area contributed by atoms with Crippen LogP contribution in [0.4, 0.5) is 5.82 Å². The van der Waals surface area contributed by atoms with E-state index in [1.807, 2.05) is 50.2 Å². The summed E-state index contributed by atoms with van der Waals surface area (Å²) in [5, 5.41) is 0. The maximum Gasteiger partial charge on any atom is 0.344 e. The molecule has 0 aliphatic rings. The standard InChI is InChI=1S/C24H26N4O2/c1-5-15(4)30-24(29)20-21-23(27-19-9-7-6-8-18(19)26-21)28(22(20)25)17-12-10-16(11-13-17)14(2)3/h6-15H,5,25H2,1-4H3. The molecule has 0 amide bonds. The van der Waals surface area contributed by atoms with Crippen LogP contribution in [0.5, 0.6) is 0 Å². The van der Waals surface area contributed by atoms with Gasteiger partial charge < -0.3 is 10.5 Å². The molecule has 1 atom stereocenters. The first-order chi connectivity index (χ1) is 14.4. The first-order valence-electron chi connectivity index (χ1n) is 10.3. The molecule has 0 saturated carbocycles. The summed E-state index contributed by atoms with van der Waals surface area (Å²) in [5.41, 5.74) is 11.3. The first kappa shape index (κ1) is 19.9. The Kier molecular flexibility index (Phi) is 5.16. The number of nitrogens with two attached hydrogens (primary N) is 1. The second kappa shape index (κ2) is 7.78. The predicted octanol–water partition coefficient (Wildman–Crippen LogP) is 5.23.